The van der Waals surface area contributed by atoms with Gasteiger partial charge in [-0.1, -0.05) is 17.7 Å². The van der Waals surface area contributed by atoms with E-state index in [0.29, 0.717) is 11.4 Å². The fourth-order valence-corrected chi connectivity index (χ4v) is 4.02. The quantitative estimate of drug-likeness (QED) is 0.629. The largest absolute Gasteiger partial charge is 0.497 e. The average molecular weight is 419 g/mol. The Morgan fingerprint density at radius 1 is 1.04 bits per heavy atom. The molecule has 0 aliphatic heterocycles. The second-order valence-electron chi connectivity index (χ2n) is 5.86. The van der Waals surface area contributed by atoms with Crippen LogP contribution in [-0.2, 0) is 16.6 Å². The summed E-state index contributed by atoms with van der Waals surface area (Å²) >= 11 is 6.05. The van der Waals surface area contributed by atoms with Crippen LogP contribution in [0.4, 0.5) is 0 Å². The Balaban J connectivity index is 1.83. The number of sulfonamides is 1. The fraction of sp³-hybridized carbons (Fsp3) is 0.150. The molecule has 0 spiro atoms. The van der Waals surface area contributed by atoms with Crippen LogP contribution in [0.3, 0.4) is 0 Å². The molecule has 2 aromatic carbocycles. The van der Waals surface area contributed by atoms with E-state index in [0.717, 1.165) is 16.9 Å². The molecule has 1 heterocycles. The van der Waals surface area contributed by atoms with E-state index in [1.165, 1.54) is 25.3 Å². The molecule has 0 atom stereocenters. The van der Waals surface area contributed by atoms with Crippen molar-refractivity contribution in [3.63, 3.8) is 0 Å². The van der Waals surface area contributed by atoms with E-state index < -0.39 is 10.0 Å². The molecule has 1 aromatic heterocycles. The van der Waals surface area contributed by atoms with E-state index >= 15 is 0 Å². The van der Waals surface area contributed by atoms with Crippen LogP contribution in [0.2, 0.25) is 5.02 Å². The first-order chi connectivity index (χ1) is 13.4. The van der Waals surface area contributed by atoms with Crippen molar-refractivity contribution in [3.05, 3.63) is 71.4 Å². The van der Waals surface area contributed by atoms with Gasteiger partial charge in [-0.05, 0) is 54.1 Å². The highest BCUT2D eigenvalue weighted by Crippen LogP contribution is 2.27. The van der Waals surface area contributed by atoms with Gasteiger partial charge >= 0.3 is 0 Å². The molecule has 3 rings (SSSR count). The molecule has 28 heavy (non-hydrogen) atoms. The molecule has 1 N–H and O–H groups in total. The van der Waals surface area contributed by atoms with Crippen LogP contribution in [0.1, 0.15) is 5.56 Å². The first-order valence-corrected chi connectivity index (χ1v) is 10.2. The Bertz CT molecular complexity index is 1070. The van der Waals surface area contributed by atoms with Crippen LogP contribution in [0.25, 0.3) is 11.3 Å². The summed E-state index contributed by atoms with van der Waals surface area (Å²) in [7, 11) is -0.686. The monoisotopic (exact) mass is 418 g/mol. The topological polar surface area (TPSA) is 77.5 Å². The molecule has 3 aromatic rings. The summed E-state index contributed by atoms with van der Waals surface area (Å²) in [5.74, 6) is 1.15. The summed E-state index contributed by atoms with van der Waals surface area (Å²) in [5, 5.41) is 0.227. The van der Waals surface area contributed by atoms with Crippen LogP contribution in [0.5, 0.6) is 11.5 Å². The molecule has 0 radical (unpaired) electrons. The van der Waals surface area contributed by atoms with Gasteiger partial charge in [0.15, 0.2) is 0 Å². The molecular weight excluding hydrogens is 400 g/mol. The number of hydrogen-bond acceptors (Lipinski definition) is 5. The third-order valence-electron chi connectivity index (χ3n) is 4.14. The molecule has 0 aliphatic rings. The highest BCUT2D eigenvalue weighted by molar-refractivity contribution is 7.89. The van der Waals surface area contributed by atoms with Gasteiger partial charge in [-0.25, -0.2) is 13.1 Å². The summed E-state index contributed by atoms with van der Waals surface area (Å²) in [6.07, 6.45) is 1.67. The van der Waals surface area contributed by atoms with Crippen molar-refractivity contribution in [1.29, 1.82) is 0 Å². The summed E-state index contributed by atoms with van der Waals surface area (Å²) in [4.78, 5) is 4.46. The lowest BCUT2D eigenvalue weighted by Gasteiger charge is -2.12. The maximum absolute atomic E-state index is 12.6. The van der Waals surface area contributed by atoms with E-state index in [2.05, 4.69) is 9.71 Å². The molecule has 0 amide bonds. The lowest BCUT2D eigenvalue weighted by Crippen LogP contribution is -2.23. The number of halogens is 1. The second kappa shape index (κ2) is 8.60. The molecule has 8 heteroatoms. The van der Waals surface area contributed by atoms with Gasteiger partial charge in [-0.15, -0.1) is 0 Å². The predicted octanol–water partition coefficient (Wildman–Crippen LogP) is 3.90. The Labute approximate surface area is 169 Å². The predicted molar refractivity (Wildman–Crippen MR) is 108 cm³/mol. The molecule has 146 valence electrons. The van der Waals surface area contributed by atoms with Crippen molar-refractivity contribution in [2.45, 2.75) is 11.4 Å². The van der Waals surface area contributed by atoms with Gasteiger partial charge < -0.3 is 9.47 Å². The van der Waals surface area contributed by atoms with E-state index in [1.807, 2.05) is 30.3 Å². The molecule has 0 bridgehead atoms. The van der Waals surface area contributed by atoms with Crippen molar-refractivity contribution >= 4 is 21.6 Å². The lowest BCUT2D eigenvalue weighted by molar-refractivity contribution is 0.414. The molecule has 0 saturated carbocycles. The highest BCUT2D eigenvalue weighted by Gasteiger charge is 2.17. The first kappa shape index (κ1) is 20.1. The number of hydrogen-bond donors (Lipinski definition) is 1. The zero-order valence-electron chi connectivity index (χ0n) is 15.3. The van der Waals surface area contributed by atoms with Crippen LogP contribution in [-0.4, -0.2) is 27.6 Å². The third kappa shape index (κ3) is 4.44. The molecule has 6 nitrogen and oxygen atoms in total. The highest BCUT2D eigenvalue weighted by atomic mass is 35.5. The van der Waals surface area contributed by atoms with Gasteiger partial charge in [0.1, 0.15) is 11.5 Å². The second-order valence-corrected chi connectivity index (χ2v) is 8.03. The molecule has 0 fully saturated rings. The standard InChI is InChI=1S/C20H19ClN2O4S/c1-26-16-7-5-14(6-8-16)20-15(4-3-11-22-20)13-23-28(24,25)17-9-10-19(27-2)18(21)12-17/h3-12,23H,13H2,1-2H3. The van der Waals surface area contributed by atoms with Crippen LogP contribution < -0.4 is 14.2 Å². The maximum Gasteiger partial charge on any atom is 0.240 e. The number of aromatic nitrogens is 1. The lowest BCUT2D eigenvalue weighted by atomic mass is 10.1. The molecule has 0 aliphatic carbocycles. The van der Waals surface area contributed by atoms with Crippen molar-refractivity contribution in [1.82, 2.24) is 9.71 Å². The van der Waals surface area contributed by atoms with Gasteiger partial charge in [0.2, 0.25) is 10.0 Å². The zero-order chi connectivity index (χ0) is 20.1. The summed E-state index contributed by atoms with van der Waals surface area (Å²) < 4.78 is 38.1. The number of pyridine rings is 1. The van der Waals surface area contributed by atoms with Gasteiger partial charge in [-0.3, -0.25) is 4.98 Å². The zero-order valence-corrected chi connectivity index (χ0v) is 16.9. The normalized spacial score (nSPS) is 11.2. The maximum atomic E-state index is 12.6. The Kier molecular flexibility index (Phi) is 6.18. The van der Waals surface area contributed by atoms with Crippen LogP contribution in [0.15, 0.2) is 65.7 Å². The fourth-order valence-electron chi connectivity index (χ4n) is 2.66. The number of ether oxygens (including phenoxy) is 2. The molecule has 0 unspecified atom stereocenters. The SMILES string of the molecule is COc1ccc(-c2ncccc2CNS(=O)(=O)c2ccc(OC)c(Cl)c2)cc1. The van der Waals surface area contributed by atoms with Gasteiger partial charge in [-0.2, -0.15) is 0 Å². The van der Waals surface area contributed by atoms with E-state index in [-0.39, 0.29) is 16.5 Å². The number of nitrogens with one attached hydrogen (secondary N) is 1. The van der Waals surface area contributed by atoms with E-state index in [1.54, 1.807) is 19.4 Å². The summed E-state index contributed by atoms with van der Waals surface area (Å²) in [6, 6.07) is 15.3. The minimum absolute atomic E-state index is 0.0631. The number of nitrogens with zero attached hydrogens (tertiary/aromatic N) is 1. The minimum atomic E-state index is -3.75. The molecule has 0 saturated heterocycles. The van der Waals surface area contributed by atoms with Gasteiger partial charge in [0, 0.05) is 18.3 Å². The number of rotatable bonds is 7. The van der Waals surface area contributed by atoms with Crippen LogP contribution >= 0.6 is 11.6 Å². The molecular formula is C20H19ClN2O4S. The van der Waals surface area contributed by atoms with Crippen molar-refractivity contribution < 1.29 is 17.9 Å². The third-order valence-corrected chi connectivity index (χ3v) is 5.84. The smallest absolute Gasteiger partial charge is 0.240 e. The van der Waals surface area contributed by atoms with Crippen molar-refractivity contribution in [2.24, 2.45) is 0 Å². The summed E-state index contributed by atoms with van der Waals surface area (Å²) in [6.45, 7) is 0.0845. The van der Waals surface area contributed by atoms with Crippen LogP contribution in [0, 0.1) is 0 Å². The Morgan fingerprint density at radius 3 is 2.43 bits per heavy atom. The van der Waals surface area contributed by atoms with Gasteiger partial charge in [0.25, 0.3) is 0 Å². The first-order valence-electron chi connectivity index (χ1n) is 8.36. The summed E-state index contributed by atoms with van der Waals surface area (Å²) in [5.41, 5.74) is 2.31. The Hall–Kier alpha value is -2.61. The minimum Gasteiger partial charge on any atom is -0.497 e. The van der Waals surface area contributed by atoms with Crippen molar-refractivity contribution in [2.75, 3.05) is 14.2 Å². The average Bonchev–Trinajstić information content (AvgIpc) is 2.72. The number of methoxy groups -OCH3 is 2. The van der Waals surface area contributed by atoms with E-state index in [4.69, 9.17) is 21.1 Å². The number of benzene rings is 2. The Morgan fingerprint density at radius 2 is 1.79 bits per heavy atom. The van der Waals surface area contributed by atoms with Crippen molar-refractivity contribution in [3.8, 4) is 22.8 Å². The van der Waals surface area contributed by atoms with E-state index in [9.17, 15) is 8.42 Å². The van der Waals surface area contributed by atoms with Gasteiger partial charge in [0.05, 0.1) is 29.8 Å².